The van der Waals surface area contributed by atoms with Crippen molar-refractivity contribution in [1.82, 2.24) is 0 Å². The molecule has 138 valence electrons. The molecule has 1 N–H and O–H groups in total. The van der Waals surface area contributed by atoms with E-state index >= 15 is 0 Å². The number of hydrogen-bond donors (Lipinski definition) is 1. The number of nitrogens with zero attached hydrogens (tertiary/aromatic N) is 1. The predicted octanol–water partition coefficient (Wildman–Crippen LogP) is 3.83. The summed E-state index contributed by atoms with van der Waals surface area (Å²) >= 11 is 3.25. The van der Waals surface area contributed by atoms with Gasteiger partial charge in [-0.25, -0.2) is 12.8 Å². The summed E-state index contributed by atoms with van der Waals surface area (Å²) in [7, 11) is -3.89. The molecule has 0 aliphatic rings. The van der Waals surface area contributed by atoms with Crippen molar-refractivity contribution in [2.24, 2.45) is 4.99 Å². The van der Waals surface area contributed by atoms with Gasteiger partial charge >= 0.3 is 0 Å². The molecule has 0 unspecified atom stereocenters. The number of halogens is 2. The maximum atomic E-state index is 13.3. The van der Waals surface area contributed by atoms with Gasteiger partial charge in [-0.05, 0) is 54.4 Å². The number of nitrogens with one attached hydrogen (secondary N) is 1. The molecular formula is C19H13BrFN2O3S-. The summed E-state index contributed by atoms with van der Waals surface area (Å²) in [6, 6.07) is 17.5. The van der Waals surface area contributed by atoms with Gasteiger partial charge in [0.05, 0.1) is 16.3 Å². The third kappa shape index (κ3) is 4.72. The van der Waals surface area contributed by atoms with E-state index in [2.05, 4.69) is 25.6 Å². The van der Waals surface area contributed by atoms with E-state index in [1.165, 1.54) is 42.5 Å². The molecule has 3 aromatic rings. The van der Waals surface area contributed by atoms with E-state index in [9.17, 15) is 17.9 Å². The lowest BCUT2D eigenvalue weighted by Gasteiger charge is -2.17. The van der Waals surface area contributed by atoms with E-state index < -0.39 is 21.7 Å². The van der Waals surface area contributed by atoms with Gasteiger partial charge in [0.25, 0.3) is 10.0 Å². The first-order valence-electron chi connectivity index (χ1n) is 7.74. The first-order valence-corrected chi connectivity index (χ1v) is 10.0. The Labute approximate surface area is 164 Å². The van der Waals surface area contributed by atoms with Gasteiger partial charge in [0.1, 0.15) is 5.82 Å². The number of sulfonamides is 1. The van der Waals surface area contributed by atoms with E-state index in [4.69, 9.17) is 0 Å². The van der Waals surface area contributed by atoms with Crippen LogP contribution in [0.25, 0.3) is 0 Å². The number of rotatable bonds is 5. The van der Waals surface area contributed by atoms with Crippen LogP contribution in [0.1, 0.15) is 5.56 Å². The van der Waals surface area contributed by atoms with Gasteiger partial charge in [-0.3, -0.25) is 9.71 Å². The van der Waals surface area contributed by atoms with Crippen molar-refractivity contribution in [2.75, 3.05) is 4.72 Å². The second-order valence-corrected chi connectivity index (χ2v) is 8.10. The molecular weight excluding hydrogens is 435 g/mol. The quantitative estimate of drug-likeness (QED) is 0.476. The molecule has 0 saturated carbocycles. The Bertz CT molecular complexity index is 1100. The average molecular weight is 448 g/mol. The van der Waals surface area contributed by atoms with Gasteiger partial charge < -0.3 is 5.11 Å². The first-order chi connectivity index (χ1) is 12.8. The maximum absolute atomic E-state index is 13.3. The van der Waals surface area contributed by atoms with Gasteiger partial charge in [-0.2, -0.15) is 0 Å². The minimum absolute atomic E-state index is 0.0509. The topological polar surface area (TPSA) is 81.6 Å². The molecule has 0 aromatic heterocycles. The number of anilines is 1. The Morgan fingerprint density at radius 3 is 2.41 bits per heavy atom. The summed E-state index contributed by atoms with van der Waals surface area (Å²) in [6.45, 7) is 0. The largest absolute Gasteiger partial charge is 0.858 e. The van der Waals surface area contributed by atoms with Gasteiger partial charge in [0.15, 0.2) is 0 Å². The van der Waals surface area contributed by atoms with Crippen molar-refractivity contribution in [3.63, 3.8) is 0 Å². The van der Waals surface area contributed by atoms with Crippen LogP contribution in [0.5, 0.6) is 0 Å². The molecule has 0 amide bonds. The molecule has 0 aliphatic heterocycles. The molecule has 5 nitrogen and oxygen atoms in total. The highest BCUT2D eigenvalue weighted by Crippen LogP contribution is 2.22. The first kappa shape index (κ1) is 19.1. The van der Waals surface area contributed by atoms with Crippen molar-refractivity contribution in [2.45, 2.75) is 4.90 Å². The van der Waals surface area contributed by atoms with Crippen LogP contribution >= 0.6 is 15.9 Å². The molecule has 0 heterocycles. The zero-order valence-corrected chi connectivity index (χ0v) is 16.2. The van der Waals surface area contributed by atoms with Crippen molar-refractivity contribution in [1.29, 1.82) is 0 Å². The molecule has 0 atom stereocenters. The van der Waals surface area contributed by atoms with E-state index in [0.717, 1.165) is 10.5 Å². The zero-order chi connectivity index (χ0) is 19.4. The minimum atomic E-state index is -3.89. The molecule has 0 saturated heterocycles. The smallest absolute Gasteiger partial charge is 0.261 e. The zero-order valence-electron chi connectivity index (χ0n) is 13.8. The van der Waals surface area contributed by atoms with Crippen LogP contribution in [0.2, 0.25) is 0 Å². The summed E-state index contributed by atoms with van der Waals surface area (Å²) in [6.07, 6.45) is 0. The lowest BCUT2D eigenvalue weighted by Crippen LogP contribution is -2.22. The Morgan fingerprint density at radius 1 is 1.00 bits per heavy atom. The van der Waals surface area contributed by atoms with E-state index in [1.807, 2.05) is 0 Å². The van der Waals surface area contributed by atoms with Gasteiger partial charge in [-0.15, -0.1) is 0 Å². The Hall–Kier alpha value is -2.71. The van der Waals surface area contributed by atoms with Crippen LogP contribution in [0, 0.1) is 5.82 Å². The normalized spacial score (nSPS) is 12.0. The summed E-state index contributed by atoms with van der Waals surface area (Å²) < 4.78 is 41.6. The molecule has 3 aromatic carbocycles. The number of aliphatic imine (C=N–C) groups is 1. The third-order valence-electron chi connectivity index (χ3n) is 3.56. The van der Waals surface area contributed by atoms with Crippen LogP contribution in [-0.2, 0) is 10.0 Å². The minimum Gasteiger partial charge on any atom is -0.858 e. The van der Waals surface area contributed by atoms with Crippen LogP contribution in [-0.4, -0.2) is 14.3 Å². The number of hydrogen-bond acceptors (Lipinski definition) is 4. The molecule has 3 rings (SSSR count). The van der Waals surface area contributed by atoms with E-state index in [1.54, 1.807) is 24.3 Å². The Kier molecular flexibility index (Phi) is 5.57. The molecule has 0 radical (unpaired) electrons. The highest BCUT2D eigenvalue weighted by molar-refractivity contribution is 9.10. The fourth-order valence-electron chi connectivity index (χ4n) is 2.30. The van der Waals surface area contributed by atoms with Crippen molar-refractivity contribution in [3.05, 3.63) is 88.6 Å². The van der Waals surface area contributed by atoms with Gasteiger partial charge in [0, 0.05) is 10.0 Å². The summed E-state index contributed by atoms with van der Waals surface area (Å²) in [5.74, 6) is -1.21. The predicted molar refractivity (Wildman–Crippen MR) is 104 cm³/mol. The lowest BCUT2D eigenvalue weighted by molar-refractivity contribution is -0.212. The van der Waals surface area contributed by atoms with Crippen molar-refractivity contribution >= 4 is 43.2 Å². The monoisotopic (exact) mass is 447 g/mol. The Morgan fingerprint density at radius 2 is 1.70 bits per heavy atom. The van der Waals surface area contributed by atoms with Gasteiger partial charge in [0.2, 0.25) is 0 Å². The molecule has 0 aliphatic carbocycles. The fraction of sp³-hybridized carbons (Fsp3) is 0. The van der Waals surface area contributed by atoms with Crippen LogP contribution in [0.4, 0.5) is 15.8 Å². The Balaban J connectivity index is 1.95. The fourth-order valence-corrected chi connectivity index (χ4v) is 3.64. The van der Waals surface area contributed by atoms with Gasteiger partial charge in [-0.1, -0.05) is 40.2 Å². The molecule has 0 fully saturated rings. The molecule has 27 heavy (non-hydrogen) atoms. The molecule has 0 spiro atoms. The van der Waals surface area contributed by atoms with E-state index in [0.29, 0.717) is 0 Å². The lowest BCUT2D eigenvalue weighted by atomic mass is 10.2. The average Bonchev–Trinajstić information content (AvgIpc) is 2.62. The maximum Gasteiger partial charge on any atom is 0.261 e. The van der Waals surface area contributed by atoms with Crippen LogP contribution in [0.3, 0.4) is 0 Å². The highest BCUT2D eigenvalue weighted by atomic mass is 79.9. The molecule has 8 heteroatoms. The summed E-state index contributed by atoms with van der Waals surface area (Å²) in [5.41, 5.74) is 0.290. The summed E-state index contributed by atoms with van der Waals surface area (Å²) in [5, 5.41) is 12.5. The second-order valence-electron chi connectivity index (χ2n) is 5.50. The van der Waals surface area contributed by atoms with Crippen LogP contribution in [0.15, 0.2) is 87.2 Å². The number of benzene rings is 3. The number of para-hydroxylation sites is 1. The second kappa shape index (κ2) is 7.89. The van der Waals surface area contributed by atoms with Crippen molar-refractivity contribution < 1.29 is 17.9 Å². The third-order valence-corrected chi connectivity index (χ3v) is 5.47. The van der Waals surface area contributed by atoms with Crippen molar-refractivity contribution in [3.8, 4) is 0 Å². The SMILES string of the molecule is O=S(=O)(Nc1ccccc1C([O-])=Nc1cccc(F)c1)c1ccc(Br)cc1. The highest BCUT2D eigenvalue weighted by Gasteiger charge is 2.16. The van der Waals surface area contributed by atoms with E-state index in [-0.39, 0.29) is 21.8 Å². The molecule has 0 bridgehead atoms. The summed E-state index contributed by atoms with van der Waals surface area (Å²) in [4.78, 5) is 3.90. The van der Waals surface area contributed by atoms with Crippen LogP contribution < -0.4 is 9.83 Å². The standard InChI is InChI=1S/C19H14BrFN2O3S/c20-13-8-10-16(11-9-13)27(25,26)23-18-7-2-1-6-17(18)19(24)22-15-5-3-4-14(21)12-15/h1-12,23H,(H,22,24)/p-1.